The minimum absolute atomic E-state index is 0.198. The molecule has 1 amide bonds. The number of nitrogens with one attached hydrogen (secondary N) is 1. The Balaban J connectivity index is 2.00. The predicted molar refractivity (Wildman–Crippen MR) is 68.8 cm³/mol. The molecule has 0 spiro atoms. The van der Waals surface area contributed by atoms with Crippen LogP contribution < -0.4 is 5.32 Å². The van der Waals surface area contributed by atoms with Crippen LogP contribution in [0.1, 0.15) is 38.5 Å². The zero-order valence-electron chi connectivity index (χ0n) is 11.0. The molecule has 4 nitrogen and oxygen atoms in total. The van der Waals surface area contributed by atoms with Crippen LogP contribution in [-0.2, 0) is 4.79 Å². The third kappa shape index (κ3) is 6.64. The van der Waals surface area contributed by atoms with Gasteiger partial charge in [0.05, 0.1) is 0 Å². The van der Waals surface area contributed by atoms with Gasteiger partial charge in [0.2, 0.25) is 5.91 Å². The van der Waals surface area contributed by atoms with Crippen LogP contribution in [0.3, 0.4) is 0 Å². The summed E-state index contributed by atoms with van der Waals surface area (Å²) in [5, 5.41) is 11.6. The highest BCUT2D eigenvalue weighted by atomic mass is 16.2. The van der Waals surface area contributed by atoms with Gasteiger partial charge in [-0.2, -0.15) is 0 Å². The molecule has 17 heavy (non-hydrogen) atoms. The van der Waals surface area contributed by atoms with Gasteiger partial charge in [-0.3, -0.25) is 4.79 Å². The fourth-order valence-corrected chi connectivity index (χ4v) is 2.24. The van der Waals surface area contributed by atoms with Gasteiger partial charge in [-0.1, -0.05) is 0 Å². The molecule has 1 rings (SSSR count). The SMILES string of the molecule is CN1CCC(CC(=O)NCCCCCO)CC1. The smallest absolute Gasteiger partial charge is 0.220 e. The van der Waals surface area contributed by atoms with Crippen LogP contribution in [0.2, 0.25) is 0 Å². The first-order chi connectivity index (χ1) is 8.22. The Hall–Kier alpha value is -0.610. The molecule has 0 radical (unpaired) electrons. The van der Waals surface area contributed by atoms with Crippen molar-refractivity contribution in [3.8, 4) is 0 Å². The van der Waals surface area contributed by atoms with E-state index in [-0.39, 0.29) is 12.5 Å². The lowest BCUT2D eigenvalue weighted by Gasteiger charge is -2.28. The molecule has 0 aromatic rings. The molecule has 0 aliphatic carbocycles. The molecule has 0 saturated carbocycles. The van der Waals surface area contributed by atoms with Gasteiger partial charge >= 0.3 is 0 Å². The normalized spacial score (nSPS) is 18.2. The average Bonchev–Trinajstić information content (AvgIpc) is 2.32. The average molecular weight is 242 g/mol. The van der Waals surface area contributed by atoms with E-state index in [4.69, 9.17) is 5.11 Å². The van der Waals surface area contributed by atoms with E-state index in [9.17, 15) is 4.79 Å². The monoisotopic (exact) mass is 242 g/mol. The topological polar surface area (TPSA) is 52.6 Å². The number of piperidine rings is 1. The van der Waals surface area contributed by atoms with Crippen molar-refractivity contribution < 1.29 is 9.90 Å². The number of hydrogen-bond acceptors (Lipinski definition) is 3. The molecule has 1 aliphatic rings. The highest BCUT2D eigenvalue weighted by Crippen LogP contribution is 2.19. The summed E-state index contributed by atoms with van der Waals surface area (Å²) < 4.78 is 0. The summed E-state index contributed by atoms with van der Waals surface area (Å²) in [5.41, 5.74) is 0. The van der Waals surface area contributed by atoms with Crippen LogP contribution in [-0.4, -0.2) is 49.2 Å². The number of carbonyl (C=O) groups is 1. The second-order valence-corrected chi connectivity index (χ2v) is 5.08. The van der Waals surface area contributed by atoms with Gasteiger partial charge in [-0.05, 0) is 58.2 Å². The molecule has 0 bridgehead atoms. The van der Waals surface area contributed by atoms with Crippen LogP contribution in [0.4, 0.5) is 0 Å². The van der Waals surface area contributed by atoms with Gasteiger partial charge in [0.1, 0.15) is 0 Å². The lowest BCUT2D eigenvalue weighted by atomic mass is 9.93. The molecule has 1 aliphatic heterocycles. The molecule has 4 heteroatoms. The molecular formula is C13H26N2O2. The summed E-state index contributed by atoms with van der Waals surface area (Å²) in [6, 6.07) is 0. The van der Waals surface area contributed by atoms with E-state index in [1.165, 1.54) is 0 Å². The van der Waals surface area contributed by atoms with Gasteiger partial charge in [0, 0.05) is 19.6 Å². The van der Waals surface area contributed by atoms with Gasteiger partial charge < -0.3 is 15.3 Å². The maximum Gasteiger partial charge on any atom is 0.220 e. The molecule has 2 N–H and O–H groups in total. The van der Waals surface area contributed by atoms with Gasteiger partial charge in [-0.25, -0.2) is 0 Å². The fourth-order valence-electron chi connectivity index (χ4n) is 2.24. The number of aliphatic hydroxyl groups excluding tert-OH is 1. The van der Waals surface area contributed by atoms with E-state index in [1.807, 2.05) is 0 Å². The van der Waals surface area contributed by atoms with Crippen LogP contribution in [0.25, 0.3) is 0 Å². The Bertz CT molecular complexity index is 213. The van der Waals surface area contributed by atoms with E-state index >= 15 is 0 Å². The summed E-state index contributed by atoms with van der Waals surface area (Å²) in [4.78, 5) is 14.0. The van der Waals surface area contributed by atoms with Crippen LogP contribution in [0, 0.1) is 5.92 Å². The van der Waals surface area contributed by atoms with E-state index in [1.54, 1.807) is 0 Å². The minimum Gasteiger partial charge on any atom is -0.396 e. The molecule has 1 heterocycles. The fraction of sp³-hybridized carbons (Fsp3) is 0.923. The second-order valence-electron chi connectivity index (χ2n) is 5.08. The molecule has 0 unspecified atom stereocenters. The Morgan fingerprint density at radius 1 is 1.29 bits per heavy atom. The first-order valence-electron chi connectivity index (χ1n) is 6.78. The molecule has 0 aromatic carbocycles. The first-order valence-corrected chi connectivity index (χ1v) is 6.78. The second kappa shape index (κ2) is 8.48. The van der Waals surface area contributed by atoms with Crippen molar-refractivity contribution in [3.05, 3.63) is 0 Å². The van der Waals surface area contributed by atoms with Gasteiger partial charge in [0.25, 0.3) is 0 Å². The van der Waals surface area contributed by atoms with Gasteiger partial charge in [0.15, 0.2) is 0 Å². The zero-order chi connectivity index (χ0) is 12.5. The number of likely N-dealkylation sites (tertiary alicyclic amines) is 1. The summed E-state index contributed by atoms with van der Waals surface area (Å²) in [6.07, 6.45) is 5.78. The third-order valence-corrected chi connectivity index (χ3v) is 3.47. The summed E-state index contributed by atoms with van der Waals surface area (Å²) in [6.45, 7) is 3.25. The number of carbonyl (C=O) groups excluding carboxylic acids is 1. The Kier molecular flexibility index (Phi) is 7.21. The van der Waals surface area contributed by atoms with Crippen LogP contribution in [0.15, 0.2) is 0 Å². The Morgan fingerprint density at radius 2 is 2.00 bits per heavy atom. The summed E-state index contributed by atoms with van der Waals surface area (Å²) in [7, 11) is 2.14. The van der Waals surface area contributed by atoms with Crippen molar-refractivity contribution >= 4 is 5.91 Å². The number of unbranched alkanes of at least 4 members (excludes halogenated alkanes) is 2. The molecule has 0 atom stereocenters. The number of aliphatic hydroxyl groups is 1. The van der Waals surface area contributed by atoms with Crippen LogP contribution in [0.5, 0.6) is 0 Å². The van der Waals surface area contributed by atoms with E-state index in [0.29, 0.717) is 12.3 Å². The van der Waals surface area contributed by atoms with Crippen LogP contribution >= 0.6 is 0 Å². The summed E-state index contributed by atoms with van der Waals surface area (Å²) in [5.74, 6) is 0.771. The highest BCUT2D eigenvalue weighted by molar-refractivity contribution is 5.76. The Morgan fingerprint density at radius 3 is 2.65 bits per heavy atom. The first kappa shape index (κ1) is 14.5. The third-order valence-electron chi connectivity index (χ3n) is 3.47. The number of rotatable bonds is 7. The number of nitrogens with zero attached hydrogens (tertiary/aromatic N) is 1. The van der Waals surface area contributed by atoms with E-state index in [2.05, 4.69) is 17.3 Å². The standard InChI is InChI=1S/C13H26N2O2/c1-15-8-5-12(6-9-15)11-13(17)14-7-3-2-4-10-16/h12,16H,2-11H2,1H3,(H,14,17). The molecular weight excluding hydrogens is 216 g/mol. The lowest BCUT2D eigenvalue weighted by Crippen LogP contribution is -2.33. The predicted octanol–water partition coefficient (Wildman–Crippen LogP) is 0.997. The van der Waals surface area contributed by atoms with Crippen molar-refractivity contribution in [2.45, 2.75) is 38.5 Å². The molecule has 1 fully saturated rings. The van der Waals surface area contributed by atoms with E-state index in [0.717, 1.165) is 51.7 Å². The Labute approximate surface area is 104 Å². The maximum absolute atomic E-state index is 11.7. The van der Waals surface area contributed by atoms with Crippen molar-refractivity contribution in [1.29, 1.82) is 0 Å². The van der Waals surface area contributed by atoms with Crippen molar-refractivity contribution in [2.24, 2.45) is 5.92 Å². The molecule has 0 aromatic heterocycles. The van der Waals surface area contributed by atoms with E-state index < -0.39 is 0 Å². The molecule has 1 saturated heterocycles. The zero-order valence-corrected chi connectivity index (χ0v) is 11.0. The quantitative estimate of drug-likeness (QED) is 0.655. The number of amides is 1. The lowest BCUT2D eigenvalue weighted by molar-refractivity contribution is -0.122. The largest absolute Gasteiger partial charge is 0.396 e. The van der Waals surface area contributed by atoms with Crippen molar-refractivity contribution in [1.82, 2.24) is 10.2 Å². The molecule has 100 valence electrons. The van der Waals surface area contributed by atoms with Gasteiger partial charge in [-0.15, -0.1) is 0 Å². The van der Waals surface area contributed by atoms with Crippen molar-refractivity contribution in [2.75, 3.05) is 33.3 Å². The summed E-state index contributed by atoms with van der Waals surface area (Å²) >= 11 is 0. The number of hydrogen-bond donors (Lipinski definition) is 2. The minimum atomic E-state index is 0.198. The highest BCUT2D eigenvalue weighted by Gasteiger charge is 2.18. The maximum atomic E-state index is 11.7. The van der Waals surface area contributed by atoms with Crippen molar-refractivity contribution in [3.63, 3.8) is 0 Å².